The number of hydrogen-bond donors (Lipinski definition) is 1. The molecule has 0 aliphatic carbocycles. The molecule has 0 saturated carbocycles. The van der Waals surface area contributed by atoms with Gasteiger partial charge in [-0.25, -0.2) is 13.4 Å². The molecule has 0 saturated heterocycles. The molecule has 0 fully saturated rings. The molecular formula is C20H17N3O5S. The van der Waals surface area contributed by atoms with Crippen LogP contribution in [0, 0.1) is 0 Å². The highest BCUT2D eigenvalue weighted by molar-refractivity contribution is 7.89. The van der Waals surface area contributed by atoms with Crippen LogP contribution in [0.25, 0.3) is 0 Å². The van der Waals surface area contributed by atoms with Crippen LogP contribution < -0.4 is 10.1 Å². The van der Waals surface area contributed by atoms with Gasteiger partial charge >= 0.3 is 0 Å². The topological polar surface area (TPSA) is 102 Å². The summed E-state index contributed by atoms with van der Waals surface area (Å²) >= 11 is 0. The fourth-order valence-electron chi connectivity index (χ4n) is 2.90. The second-order valence-electron chi connectivity index (χ2n) is 6.27. The molecule has 1 amide bonds. The third kappa shape index (κ3) is 3.91. The van der Waals surface area contributed by atoms with Crippen molar-refractivity contribution in [3.63, 3.8) is 0 Å². The highest BCUT2D eigenvalue weighted by Gasteiger charge is 2.33. The average molecular weight is 411 g/mol. The third-order valence-electron chi connectivity index (χ3n) is 4.32. The number of rotatable bonds is 6. The van der Waals surface area contributed by atoms with Crippen LogP contribution in [0.15, 0.2) is 76.7 Å². The van der Waals surface area contributed by atoms with Crippen molar-refractivity contribution in [2.75, 3.05) is 5.32 Å². The average Bonchev–Trinajstić information content (AvgIpc) is 3.28. The lowest BCUT2D eigenvalue weighted by molar-refractivity contribution is -0.112. The van der Waals surface area contributed by atoms with Crippen LogP contribution in [0.4, 0.5) is 5.88 Å². The highest BCUT2D eigenvalue weighted by Crippen LogP contribution is 2.33. The summed E-state index contributed by atoms with van der Waals surface area (Å²) in [6, 6.07) is 13.0. The van der Waals surface area contributed by atoms with Crippen molar-refractivity contribution < 1.29 is 22.4 Å². The number of aromatic nitrogens is 1. The summed E-state index contributed by atoms with van der Waals surface area (Å²) in [4.78, 5) is 15.6. The fraction of sp³-hybridized carbons (Fsp3) is 0.100. The molecule has 0 radical (unpaired) electrons. The summed E-state index contributed by atoms with van der Waals surface area (Å²) in [5.74, 6) is 1.29. The van der Waals surface area contributed by atoms with E-state index in [9.17, 15) is 13.2 Å². The second kappa shape index (κ2) is 7.53. The highest BCUT2D eigenvalue weighted by atomic mass is 32.2. The Hall–Kier alpha value is -3.43. The monoisotopic (exact) mass is 411 g/mol. The first kappa shape index (κ1) is 18.9. The van der Waals surface area contributed by atoms with E-state index in [-0.39, 0.29) is 23.9 Å². The van der Waals surface area contributed by atoms with Gasteiger partial charge in [-0.05, 0) is 36.4 Å². The van der Waals surface area contributed by atoms with Crippen molar-refractivity contribution >= 4 is 21.8 Å². The van der Waals surface area contributed by atoms with Gasteiger partial charge in [-0.3, -0.25) is 10.1 Å². The van der Waals surface area contributed by atoms with Crippen LogP contribution >= 0.6 is 0 Å². The maximum absolute atomic E-state index is 12.9. The van der Waals surface area contributed by atoms with Gasteiger partial charge in [0.25, 0.3) is 0 Å². The van der Waals surface area contributed by atoms with Gasteiger partial charge in [0.1, 0.15) is 11.5 Å². The van der Waals surface area contributed by atoms with Crippen molar-refractivity contribution in [3.05, 3.63) is 78.7 Å². The van der Waals surface area contributed by atoms with Gasteiger partial charge in [0, 0.05) is 30.4 Å². The zero-order valence-corrected chi connectivity index (χ0v) is 16.1. The largest absolute Gasteiger partial charge is 0.444 e. The predicted octanol–water partition coefficient (Wildman–Crippen LogP) is 3.30. The number of benzene rings is 1. The SMILES string of the molecule is C=CC(=O)Nc1cc2c(o1)CN(S(=O)(=O)c1ccc(Oc3ccccn3)cc1)C2. The Morgan fingerprint density at radius 1 is 1.21 bits per heavy atom. The number of furan rings is 1. The maximum Gasteiger partial charge on any atom is 0.250 e. The molecule has 1 N–H and O–H groups in total. The standard InChI is InChI=1S/C20H17N3O5S/c1-2-18(24)22-20-11-14-12-23(13-17(14)28-20)29(25,26)16-8-6-15(7-9-16)27-19-5-3-4-10-21-19/h2-11H,1,12-13H2,(H,22,24). The maximum atomic E-state index is 12.9. The van der Waals surface area contributed by atoms with E-state index in [0.29, 0.717) is 23.0 Å². The van der Waals surface area contributed by atoms with Crippen LogP contribution in [-0.2, 0) is 27.9 Å². The number of ether oxygens (including phenoxy) is 1. The smallest absolute Gasteiger partial charge is 0.250 e. The first-order valence-corrected chi connectivity index (χ1v) is 10.1. The van der Waals surface area contributed by atoms with Crippen LogP contribution in [0.2, 0.25) is 0 Å². The zero-order valence-electron chi connectivity index (χ0n) is 15.2. The van der Waals surface area contributed by atoms with E-state index < -0.39 is 15.9 Å². The van der Waals surface area contributed by atoms with E-state index in [1.54, 1.807) is 42.6 Å². The van der Waals surface area contributed by atoms with Gasteiger partial charge in [0.2, 0.25) is 21.8 Å². The van der Waals surface area contributed by atoms with Gasteiger partial charge in [-0.2, -0.15) is 4.31 Å². The Morgan fingerprint density at radius 3 is 2.66 bits per heavy atom. The normalized spacial score (nSPS) is 13.7. The number of sulfonamides is 1. The molecule has 1 aliphatic heterocycles. The fourth-order valence-corrected chi connectivity index (χ4v) is 4.28. The van der Waals surface area contributed by atoms with Crippen molar-refractivity contribution in [3.8, 4) is 11.6 Å². The van der Waals surface area contributed by atoms with Gasteiger partial charge in [-0.15, -0.1) is 0 Å². The molecule has 3 aromatic rings. The number of hydrogen-bond acceptors (Lipinski definition) is 6. The van der Waals surface area contributed by atoms with Crippen molar-refractivity contribution in [2.45, 2.75) is 18.0 Å². The molecule has 0 atom stereocenters. The summed E-state index contributed by atoms with van der Waals surface area (Å²) in [7, 11) is -3.71. The number of nitrogens with zero attached hydrogens (tertiary/aromatic N) is 2. The number of fused-ring (bicyclic) bond motifs is 1. The summed E-state index contributed by atoms with van der Waals surface area (Å²) in [5.41, 5.74) is 0.711. The van der Waals surface area contributed by atoms with Crippen LogP contribution in [0.3, 0.4) is 0 Å². The van der Waals surface area contributed by atoms with Gasteiger partial charge < -0.3 is 9.15 Å². The van der Waals surface area contributed by atoms with Gasteiger partial charge in [0.15, 0.2) is 5.88 Å². The molecule has 0 bridgehead atoms. The lowest BCUT2D eigenvalue weighted by atomic mass is 10.3. The van der Waals surface area contributed by atoms with Gasteiger partial charge in [0.05, 0.1) is 11.4 Å². The van der Waals surface area contributed by atoms with Crippen LogP contribution in [-0.4, -0.2) is 23.6 Å². The Morgan fingerprint density at radius 2 is 2.00 bits per heavy atom. The lowest BCUT2D eigenvalue weighted by Crippen LogP contribution is -2.25. The second-order valence-corrected chi connectivity index (χ2v) is 8.20. The van der Waals surface area contributed by atoms with E-state index >= 15 is 0 Å². The zero-order chi connectivity index (χ0) is 20.4. The summed E-state index contributed by atoms with van der Waals surface area (Å²) < 4.78 is 38.3. The lowest BCUT2D eigenvalue weighted by Gasteiger charge is -2.16. The molecule has 148 valence electrons. The first-order chi connectivity index (χ1) is 14.0. The van der Waals surface area contributed by atoms with E-state index in [0.717, 1.165) is 6.08 Å². The molecule has 8 nitrogen and oxygen atoms in total. The summed E-state index contributed by atoms with van der Waals surface area (Å²) in [6.07, 6.45) is 2.74. The minimum Gasteiger partial charge on any atom is -0.444 e. The molecule has 0 unspecified atom stereocenters. The molecule has 1 aliphatic rings. The summed E-state index contributed by atoms with van der Waals surface area (Å²) in [6.45, 7) is 3.63. The minimum atomic E-state index is -3.71. The molecule has 29 heavy (non-hydrogen) atoms. The third-order valence-corrected chi connectivity index (χ3v) is 6.12. The quantitative estimate of drug-likeness (QED) is 0.625. The summed E-state index contributed by atoms with van der Waals surface area (Å²) in [5, 5.41) is 2.52. The predicted molar refractivity (Wildman–Crippen MR) is 105 cm³/mol. The first-order valence-electron chi connectivity index (χ1n) is 8.70. The molecule has 4 rings (SSSR count). The Kier molecular flexibility index (Phi) is 4.91. The van der Waals surface area contributed by atoms with Crippen molar-refractivity contribution in [2.24, 2.45) is 0 Å². The number of carbonyl (C=O) groups is 1. The molecule has 1 aromatic carbocycles. The van der Waals surface area contributed by atoms with Crippen LogP contribution in [0.5, 0.6) is 11.6 Å². The van der Waals surface area contributed by atoms with E-state index in [2.05, 4.69) is 16.9 Å². The van der Waals surface area contributed by atoms with E-state index in [1.807, 2.05) is 0 Å². The minimum absolute atomic E-state index is 0.0911. The number of carbonyl (C=O) groups excluding carboxylic acids is 1. The molecule has 9 heteroatoms. The van der Waals surface area contributed by atoms with E-state index in [4.69, 9.17) is 9.15 Å². The van der Waals surface area contributed by atoms with Gasteiger partial charge in [-0.1, -0.05) is 12.6 Å². The number of nitrogens with one attached hydrogen (secondary N) is 1. The van der Waals surface area contributed by atoms with E-state index in [1.165, 1.54) is 16.4 Å². The Bertz CT molecular complexity index is 1130. The molecule has 0 spiro atoms. The Balaban J connectivity index is 1.46. The number of pyridine rings is 1. The Labute approximate surface area is 167 Å². The van der Waals surface area contributed by atoms with Crippen molar-refractivity contribution in [1.29, 1.82) is 0 Å². The number of anilines is 1. The van der Waals surface area contributed by atoms with Crippen LogP contribution in [0.1, 0.15) is 11.3 Å². The molecular weight excluding hydrogens is 394 g/mol. The number of amides is 1. The van der Waals surface area contributed by atoms with Crippen molar-refractivity contribution in [1.82, 2.24) is 9.29 Å². The molecule has 3 heterocycles. The molecule has 2 aromatic heterocycles.